The Bertz CT molecular complexity index is 832. The molecule has 1 aliphatic carbocycles. The third-order valence-corrected chi connectivity index (χ3v) is 6.32. The van der Waals surface area contributed by atoms with E-state index in [2.05, 4.69) is 41.1 Å². The molecule has 28 heavy (non-hydrogen) atoms. The molecule has 0 unspecified atom stereocenters. The minimum absolute atomic E-state index is 0.109. The highest BCUT2D eigenvalue weighted by Crippen LogP contribution is 2.53. The molecule has 1 aromatic rings. The second-order valence-corrected chi connectivity index (χ2v) is 14.1. The minimum atomic E-state index is -1.48. The molecule has 0 aromatic carbocycles. The lowest BCUT2D eigenvalue weighted by atomic mass is 10.0. The smallest absolute Gasteiger partial charge is 0.407 e. The summed E-state index contributed by atoms with van der Waals surface area (Å²) in [6, 6.07) is -0.634. The zero-order valence-electron chi connectivity index (χ0n) is 17.5. The molecule has 2 N–H and O–H groups in total. The van der Waals surface area contributed by atoms with Crippen LogP contribution in [0.4, 0.5) is 4.79 Å². The van der Waals surface area contributed by atoms with Gasteiger partial charge in [0.1, 0.15) is 25.6 Å². The summed E-state index contributed by atoms with van der Waals surface area (Å²) in [6.45, 7) is 10.3. The van der Waals surface area contributed by atoms with Crippen LogP contribution in [-0.2, 0) is 4.79 Å². The highest BCUT2D eigenvalue weighted by atomic mass is 28.3. The SMILES string of the molecule is CC(C)[C@@H](C(=O)N1[C@@H]2C[C@@H]2C[C@H]1c1ncc(C#C[Si](C)(C)C)[nH]1)N(C)C(=O)O. The molecular formula is C20H30N4O3Si. The topological polar surface area (TPSA) is 89.5 Å². The van der Waals surface area contributed by atoms with Crippen LogP contribution in [-0.4, -0.2) is 64.1 Å². The lowest BCUT2D eigenvalue weighted by Crippen LogP contribution is -2.52. The van der Waals surface area contributed by atoms with E-state index in [0.717, 1.165) is 29.3 Å². The third-order valence-electron chi connectivity index (χ3n) is 5.45. The molecule has 2 fully saturated rings. The summed E-state index contributed by atoms with van der Waals surface area (Å²) in [7, 11) is -0.0134. The average Bonchev–Trinajstić information content (AvgIpc) is 3.03. The number of fused-ring (bicyclic) bond motifs is 1. The Morgan fingerprint density at radius 2 is 2.04 bits per heavy atom. The number of hydrogen-bond acceptors (Lipinski definition) is 3. The summed E-state index contributed by atoms with van der Waals surface area (Å²) < 4.78 is 0. The lowest BCUT2D eigenvalue weighted by Gasteiger charge is -2.35. The first kappa shape index (κ1) is 20.5. The number of aromatic amines is 1. The fraction of sp³-hybridized carbons (Fsp3) is 0.650. The molecule has 7 nitrogen and oxygen atoms in total. The number of hydrogen-bond donors (Lipinski definition) is 2. The molecule has 4 atom stereocenters. The maximum absolute atomic E-state index is 13.4. The van der Waals surface area contributed by atoms with Gasteiger partial charge in [0.2, 0.25) is 5.91 Å². The molecule has 1 aromatic heterocycles. The molecule has 8 heteroatoms. The number of nitrogens with zero attached hydrogens (tertiary/aromatic N) is 3. The number of amides is 2. The van der Waals surface area contributed by atoms with Crippen LogP contribution < -0.4 is 0 Å². The van der Waals surface area contributed by atoms with E-state index < -0.39 is 20.2 Å². The fourth-order valence-electron chi connectivity index (χ4n) is 4.01. The summed E-state index contributed by atoms with van der Waals surface area (Å²) in [4.78, 5) is 35.7. The van der Waals surface area contributed by atoms with E-state index >= 15 is 0 Å². The molecule has 2 heterocycles. The van der Waals surface area contributed by atoms with Crippen molar-refractivity contribution in [3.63, 3.8) is 0 Å². The summed E-state index contributed by atoms with van der Waals surface area (Å²) in [6.07, 6.45) is 2.51. The van der Waals surface area contributed by atoms with Crippen molar-refractivity contribution < 1.29 is 14.7 Å². The summed E-state index contributed by atoms with van der Waals surface area (Å²) in [5.41, 5.74) is 4.09. The number of imidazole rings is 1. The van der Waals surface area contributed by atoms with Gasteiger partial charge in [-0.3, -0.25) is 9.69 Å². The number of H-pyrrole nitrogens is 1. The molecule has 152 valence electrons. The Kier molecular flexibility index (Phi) is 5.32. The monoisotopic (exact) mass is 402 g/mol. The second kappa shape index (κ2) is 7.28. The van der Waals surface area contributed by atoms with Gasteiger partial charge in [-0.25, -0.2) is 9.78 Å². The summed E-state index contributed by atoms with van der Waals surface area (Å²) in [5, 5.41) is 9.41. The van der Waals surface area contributed by atoms with Gasteiger partial charge in [-0.05, 0) is 24.7 Å². The first-order valence-corrected chi connectivity index (χ1v) is 13.4. The zero-order valence-corrected chi connectivity index (χ0v) is 18.5. The van der Waals surface area contributed by atoms with Gasteiger partial charge in [0.25, 0.3) is 0 Å². The van der Waals surface area contributed by atoms with Gasteiger partial charge in [0.15, 0.2) is 0 Å². The number of carbonyl (C=O) groups is 2. The average molecular weight is 403 g/mol. The fourth-order valence-corrected chi connectivity index (χ4v) is 4.52. The number of piperidine rings is 1. The Morgan fingerprint density at radius 1 is 1.36 bits per heavy atom. The number of likely N-dealkylation sites (tertiary alicyclic amines) is 1. The van der Waals surface area contributed by atoms with Gasteiger partial charge in [-0.1, -0.05) is 39.4 Å². The Labute approximate surface area is 167 Å². The van der Waals surface area contributed by atoms with E-state index in [4.69, 9.17) is 0 Å². The van der Waals surface area contributed by atoms with Crippen molar-refractivity contribution in [2.24, 2.45) is 11.8 Å². The van der Waals surface area contributed by atoms with Gasteiger partial charge in [0.05, 0.1) is 12.2 Å². The zero-order chi connectivity index (χ0) is 20.8. The van der Waals surface area contributed by atoms with Crippen LogP contribution in [0.25, 0.3) is 0 Å². The van der Waals surface area contributed by atoms with Crippen molar-refractivity contribution in [3.05, 3.63) is 17.7 Å². The number of carboxylic acid groups (broad SMARTS) is 1. The third kappa shape index (κ3) is 4.09. The molecule has 1 saturated carbocycles. The normalized spacial score (nSPS) is 24.4. The van der Waals surface area contributed by atoms with Gasteiger partial charge < -0.3 is 15.0 Å². The largest absolute Gasteiger partial charge is 0.465 e. The van der Waals surface area contributed by atoms with E-state index in [0.29, 0.717) is 5.92 Å². The number of likely N-dealkylation sites (N-methyl/N-ethyl adjacent to an activating group) is 1. The Hall–Kier alpha value is -2.27. The highest BCUT2D eigenvalue weighted by Gasteiger charge is 2.56. The molecular weight excluding hydrogens is 372 g/mol. The van der Waals surface area contributed by atoms with Crippen molar-refractivity contribution in [1.82, 2.24) is 19.8 Å². The molecule has 0 bridgehead atoms. The lowest BCUT2D eigenvalue weighted by molar-refractivity contribution is -0.139. The molecule has 0 radical (unpaired) electrons. The van der Waals surface area contributed by atoms with Gasteiger partial charge in [-0.15, -0.1) is 5.54 Å². The number of aromatic nitrogens is 2. The Morgan fingerprint density at radius 3 is 2.61 bits per heavy atom. The standard InChI is InChI=1S/C20H30N4O3Si/c1-12(2)17(23(3)20(26)27)19(25)24-15-9-13(15)10-16(24)18-21-11-14(22-18)7-8-28(4,5)6/h11-13,15-17H,9-10H2,1-6H3,(H,21,22)(H,26,27)/t13-,15-,16+,17+/m1/s1. The van der Waals surface area contributed by atoms with Gasteiger partial charge in [0, 0.05) is 13.1 Å². The van der Waals surface area contributed by atoms with Crippen molar-refractivity contribution in [1.29, 1.82) is 0 Å². The second-order valence-electron chi connectivity index (χ2n) is 9.32. The quantitative estimate of drug-likeness (QED) is 0.598. The van der Waals surface area contributed by atoms with Gasteiger partial charge in [-0.2, -0.15) is 0 Å². The van der Waals surface area contributed by atoms with Crippen molar-refractivity contribution in [2.75, 3.05) is 7.05 Å². The predicted molar refractivity (Wildman–Crippen MR) is 109 cm³/mol. The molecule has 1 aliphatic heterocycles. The van der Waals surface area contributed by atoms with Crippen LogP contribution in [0.3, 0.4) is 0 Å². The molecule has 2 aliphatic rings. The van der Waals surface area contributed by atoms with Crippen LogP contribution in [0.1, 0.15) is 44.2 Å². The minimum Gasteiger partial charge on any atom is -0.465 e. The molecule has 0 spiro atoms. The van der Waals surface area contributed by atoms with Crippen molar-refractivity contribution >= 4 is 20.1 Å². The number of nitrogens with one attached hydrogen (secondary N) is 1. The van der Waals surface area contributed by atoms with E-state index in [9.17, 15) is 14.7 Å². The van der Waals surface area contributed by atoms with Crippen LogP contribution in [0.2, 0.25) is 19.6 Å². The molecule has 3 rings (SSSR count). The maximum atomic E-state index is 13.4. The van der Waals surface area contributed by atoms with E-state index in [1.54, 1.807) is 6.20 Å². The maximum Gasteiger partial charge on any atom is 0.407 e. The molecule has 1 saturated heterocycles. The van der Waals surface area contributed by atoms with Crippen molar-refractivity contribution in [3.8, 4) is 11.5 Å². The Balaban J connectivity index is 1.85. The summed E-state index contributed by atoms with van der Waals surface area (Å²) >= 11 is 0. The van der Waals surface area contributed by atoms with E-state index in [1.807, 2.05) is 18.7 Å². The van der Waals surface area contributed by atoms with Crippen molar-refractivity contribution in [2.45, 2.75) is 64.5 Å². The van der Waals surface area contributed by atoms with Crippen LogP contribution in [0, 0.1) is 23.3 Å². The molecule has 2 amide bonds. The summed E-state index contributed by atoms with van der Waals surface area (Å²) in [5.74, 6) is 4.18. The first-order chi connectivity index (χ1) is 13.0. The number of carbonyl (C=O) groups excluding carboxylic acids is 1. The van der Waals surface area contributed by atoms with E-state index in [1.165, 1.54) is 7.05 Å². The number of rotatable bonds is 4. The predicted octanol–water partition coefficient (Wildman–Crippen LogP) is 2.93. The van der Waals surface area contributed by atoms with Crippen LogP contribution >= 0.6 is 0 Å². The highest BCUT2D eigenvalue weighted by molar-refractivity contribution is 6.83. The van der Waals surface area contributed by atoms with Crippen LogP contribution in [0.5, 0.6) is 0 Å². The van der Waals surface area contributed by atoms with Crippen LogP contribution in [0.15, 0.2) is 6.20 Å². The van der Waals surface area contributed by atoms with Gasteiger partial charge >= 0.3 is 6.09 Å². The first-order valence-electron chi connectivity index (χ1n) is 9.85. The van der Waals surface area contributed by atoms with E-state index in [-0.39, 0.29) is 23.9 Å².